The van der Waals surface area contributed by atoms with E-state index in [-0.39, 0.29) is 12.4 Å². The van der Waals surface area contributed by atoms with Crippen LogP contribution in [0.25, 0.3) is 5.57 Å². The second-order valence-corrected chi connectivity index (χ2v) is 3.38. The van der Waals surface area contributed by atoms with Gasteiger partial charge in [0.25, 0.3) is 0 Å². The summed E-state index contributed by atoms with van der Waals surface area (Å²) in [5.41, 5.74) is 0.381. The third-order valence-corrected chi connectivity index (χ3v) is 2.31. The Balaban J connectivity index is 2.48. The largest absolute Gasteiger partial charge is 0.478 e. The summed E-state index contributed by atoms with van der Waals surface area (Å²) in [5, 5.41) is 9.08. The molecule has 1 aromatic rings. The average Bonchev–Trinajstić information content (AvgIpc) is 2.64. The van der Waals surface area contributed by atoms with Crippen LogP contribution in [0.15, 0.2) is 18.7 Å². The van der Waals surface area contributed by atoms with Crippen LogP contribution in [0.3, 0.4) is 0 Å². The molecule has 1 aromatic carbocycles. The van der Waals surface area contributed by atoms with E-state index in [4.69, 9.17) is 26.2 Å². The molecule has 5 heteroatoms. The fraction of sp³-hybridized carbons (Fsp3) is 0.100. The van der Waals surface area contributed by atoms with Gasteiger partial charge >= 0.3 is 5.97 Å². The third kappa shape index (κ3) is 1.64. The van der Waals surface area contributed by atoms with Gasteiger partial charge in [-0.3, -0.25) is 0 Å². The third-order valence-electron chi connectivity index (χ3n) is 2.03. The highest BCUT2D eigenvalue weighted by Gasteiger charge is 2.20. The number of carbonyl (C=O) groups is 1. The topological polar surface area (TPSA) is 55.8 Å². The number of hydrogen-bond donors (Lipinski definition) is 1. The Bertz CT molecular complexity index is 453. The standard InChI is InChI=1S/C10H7ClO4/c1-5(10(12)13)6-2-7(11)9-8(3-6)14-4-15-9/h2-3H,1,4H2,(H,12,13). The van der Waals surface area contributed by atoms with Gasteiger partial charge in [0.15, 0.2) is 11.5 Å². The van der Waals surface area contributed by atoms with Gasteiger partial charge in [-0.25, -0.2) is 4.79 Å². The molecular formula is C10H7ClO4. The molecule has 1 N–H and O–H groups in total. The molecule has 4 nitrogen and oxygen atoms in total. The van der Waals surface area contributed by atoms with Crippen LogP contribution in [0, 0.1) is 0 Å². The van der Waals surface area contributed by atoms with Gasteiger partial charge in [0, 0.05) is 0 Å². The predicted octanol–water partition coefficient (Wildman–Crippen LogP) is 2.17. The molecule has 0 radical (unpaired) electrons. The van der Waals surface area contributed by atoms with Crippen LogP contribution < -0.4 is 9.47 Å². The van der Waals surface area contributed by atoms with Crippen LogP contribution in [0.5, 0.6) is 11.5 Å². The van der Waals surface area contributed by atoms with Gasteiger partial charge in [-0.05, 0) is 17.7 Å². The SMILES string of the molecule is C=C(C(=O)O)c1cc(Cl)c2c(c1)OCO2. The van der Waals surface area contributed by atoms with Crippen molar-refractivity contribution in [3.8, 4) is 11.5 Å². The van der Waals surface area contributed by atoms with Gasteiger partial charge in [0.1, 0.15) is 0 Å². The maximum Gasteiger partial charge on any atom is 0.335 e. The zero-order valence-electron chi connectivity index (χ0n) is 7.62. The van der Waals surface area contributed by atoms with Crippen molar-refractivity contribution in [1.82, 2.24) is 0 Å². The zero-order valence-corrected chi connectivity index (χ0v) is 8.37. The molecule has 0 unspecified atom stereocenters. The number of hydrogen-bond acceptors (Lipinski definition) is 3. The summed E-state index contributed by atoms with van der Waals surface area (Å²) >= 11 is 5.88. The smallest absolute Gasteiger partial charge is 0.335 e. The first-order chi connectivity index (χ1) is 7.09. The summed E-state index contributed by atoms with van der Waals surface area (Å²) in [6, 6.07) is 3.04. The first-order valence-corrected chi connectivity index (χ1v) is 4.49. The van der Waals surface area contributed by atoms with Crippen molar-refractivity contribution < 1.29 is 19.4 Å². The van der Waals surface area contributed by atoms with Gasteiger partial charge in [-0.2, -0.15) is 0 Å². The molecule has 15 heavy (non-hydrogen) atoms. The number of ether oxygens (including phenoxy) is 2. The van der Waals surface area contributed by atoms with Crippen molar-refractivity contribution in [2.45, 2.75) is 0 Å². The summed E-state index contributed by atoms with van der Waals surface area (Å²) in [4.78, 5) is 10.7. The maximum absolute atomic E-state index is 10.7. The molecule has 0 aromatic heterocycles. The number of rotatable bonds is 2. The highest BCUT2D eigenvalue weighted by Crippen LogP contribution is 2.40. The van der Waals surface area contributed by atoms with E-state index < -0.39 is 5.97 Å². The molecule has 0 saturated heterocycles. The molecule has 1 aliphatic heterocycles. The van der Waals surface area contributed by atoms with E-state index in [0.717, 1.165) is 0 Å². The molecule has 0 bridgehead atoms. The summed E-state index contributed by atoms with van der Waals surface area (Å²) < 4.78 is 10.2. The van der Waals surface area contributed by atoms with Gasteiger partial charge < -0.3 is 14.6 Å². The fourth-order valence-electron chi connectivity index (χ4n) is 1.27. The number of halogens is 1. The van der Waals surface area contributed by atoms with E-state index in [1.807, 2.05) is 0 Å². The van der Waals surface area contributed by atoms with Crippen molar-refractivity contribution in [3.05, 3.63) is 29.3 Å². The Morgan fingerprint density at radius 2 is 2.20 bits per heavy atom. The van der Waals surface area contributed by atoms with Crippen molar-refractivity contribution in [3.63, 3.8) is 0 Å². The molecule has 2 rings (SSSR count). The molecule has 1 heterocycles. The number of aliphatic carboxylic acids is 1. The van der Waals surface area contributed by atoms with E-state index in [1.165, 1.54) is 6.07 Å². The summed E-state index contributed by atoms with van der Waals surface area (Å²) in [6.45, 7) is 3.53. The quantitative estimate of drug-likeness (QED) is 0.786. The summed E-state index contributed by atoms with van der Waals surface area (Å²) in [7, 11) is 0. The Morgan fingerprint density at radius 3 is 2.87 bits per heavy atom. The van der Waals surface area contributed by atoms with E-state index in [1.54, 1.807) is 6.07 Å². The molecule has 0 fully saturated rings. The molecular weight excluding hydrogens is 220 g/mol. The molecule has 0 aliphatic carbocycles. The second-order valence-electron chi connectivity index (χ2n) is 2.98. The minimum Gasteiger partial charge on any atom is -0.478 e. The number of carboxylic acid groups (broad SMARTS) is 1. The Morgan fingerprint density at radius 1 is 1.47 bits per heavy atom. The van der Waals surface area contributed by atoms with Crippen molar-refractivity contribution >= 4 is 23.1 Å². The Kier molecular flexibility index (Phi) is 2.28. The summed E-state index contributed by atoms with van der Waals surface area (Å²) in [5.74, 6) is -0.205. The molecule has 78 valence electrons. The van der Waals surface area contributed by atoms with Crippen molar-refractivity contribution in [2.24, 2.45) is 0 Å². The second kappa shape index (κ2) is 3.47. The lowest BCUT2D eigenvalue weighted by Gasteiger charge is -2.04. The van der Waals surface area contributed by atoms with E-state index in [9.17, 15) is 4.79 Å². The zero-order chi connectivity index (χ0) is 11.0. The van der Waals surface area contributed by atoms with Gasteiger partial charge in [-0.1, -0.05) is 18.2 Å². The van der Waals surface area contributed by atoms with E-state index in [0.29, 0.717) is 22.1 Å². The minimum atomic E-state index is -1.09. The van der Waals surface area contributed by atoms with Gasteiger partial charge in [-0.15, -0.1) is 0 Å². The lowest BCUT2D eigenvalue weighted by atomic mass is 10.1. The number of fused-ring (bicyclic) bond motifs is 1. The molecule has 0 amide bonds. The predicted molar refractivity (Wildman–Crippen MR) is 54.2 cm³/mol. The first-order valence-electron chi connectivity index (χ1n) is 4.11. The lowest BCUT2D eigenvalue weighted by Crippen LogP contribution is -1.97. The highest BCUT2D eigenvalue weighted by atomic mass is 35.5. The van der Waals surface area contributed by atoms with Crippen molar-refractivity contribution in [2.75, 3.05) is 6.79 Å². The van der Waals surface area contributed by atoms with Gasteiger partial charge in [0.2, 0.25) is 6.79 Å². The molecule has 0 atom stereocenters. The molecule has 0 spiro atoms. The van der Waals surface area contributed by atoms with Crippen LogP contribution in [-0.4, -0.2) is 17.9 Å². The van der Waals surface area contributed by atoms with Gasteiger partial charge in [0.05, 0.1) is 10.6 Å². The highest BCUT2D eigenvalue weighted by molar-refractivity contribution is 6.32. The van der Waals surface area contributed by atoms with Crippen molar-refractivity contribution in [1.29, 1.82) is 0 Å². The van der Waals surface area contributed by atoms with Crippen LogP contribution in [0.2, 0.25) is 5.02 Å². The van der Waals surface area contributed by atoms with E-state index >= 15 is 0 Å². The monoisotopic (exact) mass is 226 g/mol. The van der Waals surface area contributed by atoms with Crippen LogP contribution in [-0.2, 0) is 4.79 Å². The van der Waals surface area contributed by atoms with Crippen LogP contribution in [0.1, 0.15) is 5.56 Å². The molecule has 0 saturated carbocycles. The molecule has 1 aliphatic rings. The number of benzene rings is 1. The normalized spacial score (nSPS) is 12.6. The van der Waals surface area contributed by atoms with Crippen LogP contribution >= 0.6 is 11.6 Å². The fourth-order valence-corrected chi connectivity index (χ4v) is 1.53. The average molecular weight is 227 g/mol. The number of carboxylic acids is 1. The Labute approximate surface area is 90.7 Å². The minimum absolute atomic E-state index is 0.0322. The maximum atomic E-state index is 10.7. The Hall–Kier alpha value is -1.68. The lowest BCUT2D eigenvalue weighted by molar-refractivity contribution is -0.130. The first kappa shape index (κ1) is 9.86. The van der Waals surface area contributed by atoms with E-state index in [2.05, 4.69) is 6.58 Å². The van der Waals surface area contributed by atoms with Crippen LogP contribution in [0.4, 0.5) is 0 Å². The summed E-state index contributed by atoms with van der Waals surface area (Å²) in [6.07, 6.45) is 0.